The Morgan fingerprint density at radius 2 is 1.79 bits per heavy atom. The zero-order valence-corrected chi connectivity index (χ0v) is 18.4. The molecule has 0 saturated carbocycles. The van der Waals surface area contributed by atoms with E-state index in [1.165, 1.54) is 6.20 Å². The number of nitrogens with zero attached hydrogens (tertiary/aromatic N) is 3. The van der Waals surface area contributed by atoms with Crippen LogP contribution in [0.25, 0.3) is 33.5 Å². The minimum atomic E-state index is -0.612. The van der Waals surface area contributed by atoms with Crippen LogP contribution in [-0.4, -0.2) is 26.6 Å². The zero-order chi connectivity index (χ0) is 23.6. The monoisotopic (exact) mass is 448 g/mol. The number of alkyl carbamates (subject to hydrolysis) is 1. The molecule has 2 heterocycles. The number of pyridine rings is 1. The van der Waals surface area contributed by atoms with Gasteiger partial charge in [-0.05, 0) is 57.2 Å². The molecule has 6 nitrogen and oxygen atoms in total. The van der Waals surface area contributed by atoms with Crippen LogP contribution >= 0.6 is 0 Å². The second-order valence-corrected chi connectivity index (χ2v) is 8.49. The predicted octanol–water partition coefficient (Wildman–Crippen LogP) is 5.66. The molecule has 4 rings (SSSR count). The van der Waals surface area contributed by atoms with Crippen molar-refractivity contribution in [1.82, 2.24) is 20.3 Å². The maximum atomic E-state index is 14.5. The summed E-state index contributed by atoms with van der Waals surface area (Å²) in [6.45, 7) is 5.45. The molecular formula is C25H22F2N4O2. The van der Waals surface area contributed by atoms with Gasteiger partial charge >= 0.3 is 6.09 Å². The lowest BCUT2D eigenvalue weighted by Crippen LogP contribution is -2.40. The van der Waals surface area contributed by atoms with Crippen molar-refractivity contribution in [2.24, 2.45) is 0 Å². The van der Waals surface area contributed by atoms with Crippen molar-refractivity contribution >= 4 is 17.0 Å². The summed E-state index contributed by atoms with van der Waals surface area (Å²) < 4.78 is 33.8. The number of hydrogen-bond acceptors (Lipinski definition) is 5. The van der Waals surface area contributed by atoms with Gasteiger partial charge in [-0.3, -0.25) is 4.98 Å². The highest BCUT2D eigenvalue weighted by Crippen LogP contribution is 2.32. The molecule has 0 unspecified atom stereocenters. The molecule has 0 spiro atoms. The first-order valence-electron chi connectivity index (χ1n) is 10.3. The van der Waals surface area contributed by atoms with Gasteiger partial charge in [-0.25, -0.2) is 23.5 Å². The first kappa shape index (κ1) is 22.3. The number of hydrogen-bond donors (Lipinski definition) is 1. The van der Waals surface area contributed by atoms with E-state index in [0.29, 0.717) is 22.2 Å². The normalized spacial score (nSPS) is 11.4. The highest BCUT2D eigenvalue weighted by molar-refractivity contribution is 5.85. The minimum Gasteiger partial charge on any atom is -0.443 e. The van der Waals surface area contributed by atoms with E-state index in [1.807, 2.05) is 39.0 Å². The standard InChI is InChI=1S/C25H22F2N4O2/c1-25(2,3)31-24(32)33-14-21-16-7-4-5-9-20(16)29-23(30-21)17-8-6-12-28-22(17)18-13-15(26)10-11-19(18)27/h4-13H,14H2,1-3H3,(H,31,32). The maximum absolute atomic E-state index is 14.5. The molecule has 0 radical (unpaired) electrons. The van der Waals surface area contributed by atoms with Crippen LogP contribution in [0.1, 0.15) is 26.5 Å². The number of aromatic nitrogens is 3. The van der Waals surface area contributed by atoms with Crippen molar-refractivity contribution in [1.29, 1.82) is 0 Å². The molecule has 2 aromatic carbocycles. The average Bonchev–Trinajstić information content (AvgIpc) is 2.78. The second-order valence-electron chi connectivity index (χ2n) is 8.49. The Bertz CT molecular complexity index is 1340. The molecule has 4 aromatic rings. The molecule has 1 amide bonds. The lowest BCUT2D eigenvalue weighted by Gasteiger charge is -2.20. The molecule has 33 heavy (non-hydrogen) atoms. The van der Waals surface area contributed by atoms with Gasteiger partial charge < -0.3 is 10.1 Å². The van der Waals surface area contributed by atoms with Gasteiger partial charge in [-0.1, -0.05) is 18.2 Å². The van der Waals surface area contributed by atoms with E-state index in [4.69, 9.17) is 4.74 Å². The number of benzene rings is 2. The molecule has 0 fully saturated rings. The molecule has 0 aliphatic rings. The topological polar surface area (TPSA) is 77.0 Å². The fourth-order valence-electron chi connectivity index (χ4n) is 3.33. The fourth-order valence-corrected chi connectivity index (χ4v) is 3.33. The molecular weight excluding hydrogens is 426 g/mol. The molecule has 8 heteroatoms. The Balaban J connectivity index is 1.79. The number of halogens is 2. The lowest BCUT2D eigenvalue weighted by molar-refractivity contribution is 0.130. The van der Waals surface area contributed by atoms with Crippen LogP contribution in [-0.2, 0) is 11.3 Å². The maximum Gasteiger partial charge on any atom is 0.407 e. The van der Waals surface area contributed by atoms with Gasteiger partial charge in [0.05, 0.1) is 16.9 Å². The van der Waals surface area contributed by atoms with Crippen LogP contribution in [0.15, 0.2) is 60.8 Å². The van der Waals surface area contributed by atoms with E-state index >= 15 is 0 Å². The third kappa shape index (κ3) is 5.11. The molecule has 0 aliphatic heterocycles. The van der Waals surface area contributed by atoms with Crippen molar-refractivity contribution < 1.29 is 18.3 Å². The zero-order valence-electron chi connectivity index (χ0n) is 18.4. The number of nitrogens with one attached hydrogen (secondary N) is 1. The van der Waals surface area contributed by atoms with Crippen molar-refractivity contribution in [2.75, 3.05) is 0 Å². The van der Waals surface area contributed by atoms with Crippen LogP contribution < -0.4 is 5.32 Å². The van der Waals surface area contributed by atoms with Crippen molar-refractivity contribution in [3.05, 3.63) is 78.1 Å². The number of para-hydroxylation sites is 1. The summed E-state index contributed by atoms with van der Waals surface area (Å²) in [6.07, 6.45) is 0.918. The lowest BCUT2D eigenvalue weighted by atomic mass is 10.0. The van der Waals surface area contributed by atoms with Crippen LogP contribution in [0.2, 0.25) is 0 Å². The Hall–Kier alpha value is -3.94. The molecule has 0 atom stereocenters. The summed E-state index contributed by atoms with van der Waals surface area (Å²) in [4.78, 5) is 25.7. The van der Waals surface area contributed by atoms with E-state index in [9.17, 15) is 13.6 Å². The van der Waals surface area contributed by atoms with Crippen LogP contribution in [0.5, 0.6) is 0 Å². The molecule has 2 aromatic heterocycles. The van der Waals surface area contributed by atoms with E-state index < -0.39 is 23.3 Å². The van der Waals surface area contributed by atoms with E-state index in [2.05, 4.69) is 20.3 Å². The Morgan fingerprint density at radius 1 is 1.00 bits per heavy atom. The first-order valence-corrected chi connectivity index (χ1v) is 10.3. The molecule has 0 bridgehead atoms. The minimum absolute atomic E-state index is 0.00436. The number of amides is 1. The van der Waals surface area contributed by atoms with Gasteiger partial charge in [0.2, 0.25) is 0 Å². The SMILES string of the molecule is CC(C)(C)NC(=O)OCc1nc(-c2cccnc2-c2cc(F)ccc2F)nc2ccccc12. The van der Waals surface area contributed by atoms with Gasteiger partial charge in [-0.2, -0.15) is 0 Å². The Kier molecular flexibility index (Phi) is 6.00. The van der Waals surface area contributed by atoms with Crippen molar-refractivity contribution in [3.63, 3.8) is 0 Å². The van der Waals surface area contributed by atoms with E-state index in [1.54, 1.807) is 18.2 Å². The van der Waals surface area contributed by atoms with Crippen molar-refractivity contribution in [3.8, 4) is 22.6 Å². The van der Waals surface area contributed by atoms with E-state index in [0.717, 1.165) is 18.2 Å². The summed E-state index contributed by atoms with van der Waals surface area (Å²) >= 11 is 0. The molecule has 0 aliphatic carbocycles. The Labute approximate surface area is 189 Å². The number of carbonyl (C=O) groups is 1. The average molecular weight is 448 g/mol. The van der Waals surface area contributed by atoms with Crippen molar-refractivity contribution in [2.45, 2.75) is 32.9 Å². The molecule has 1 N–H and O–H groups in total. The largest absolute Gasteiger partial charge is 0.443 e. The molecule has 0 saturated heterocycles. The van der Waals surface area contributed by atoms with Gasteiger partial charge in [0, 0.05) is 28.2 Å². The highest BCUT2D eigenvalue weighted by atomic mass is 19.1. The van der Waals surface area contributed by atoms with E-state index in [-0.39, 0.29) is 23.7 Å². The summed E-state index contributed by atoms with van der Waals surface area (Å²) in [6, 6.07) is 13.8. The number of rotatable bonds is 4. The second kappa shape index (κ2) is 8.90. The number of carbonyl (C=O) groups excluding carboxylic acids is 1. The number of ether oxygens (including phenoxy) is 1. The third-order valence-electron chi connectivity index (χ3n) is 4.73. The van der Waals surface area contributed by atoms with Crippen LogP contribution in [0.4, 0.5) is 13.6 Å². The predicted molar refractivity (Wildman–Crippen MR) is 121 cm³/mol. The summed E-state index contributed by atoms with van der Waals surface area (Å²) in [5, 5.41) is 3.45. The van der Waals surface area contributed by atoms with Gasteiger partial charge in [0.25, 0.3) is 0 Å². The summed E-state index contributed by atoms with van der Waals surface area (Å²) in [7, 11) is 0. The van der Waals surface area contributed by atoms with Crippen LogP contribution in [0, 0.1) is 11.6 Å². The smallest absolute Gasteiger partial charge is 0.407 e. The fraction of sp³-hybridized carbons (Fsp3) is 0.200. The third-order valence-corrected chi connectivity index (χ3v) is 4.73. The summed E-state index contributed by atoms with van der Waals surface area (Å²) in [5.74, 6) is -0.934. The number of fused-ring (bicyclic) bond motifs is 1. The Morgan fingerprint density at radius 3 is 2.58 bits per heavy atom. The quantitative estimate of drug-likeness (QED) is 0.436. The highest BCUT2D eigenvalue weighted by Gasteiger charge is 2.19. The van der Waals surface area contributed by atoms with Gasteiger partial charge in [0.15, 0.2) is 5.82 Å². The first-order chi connectivity index (χ1) is 15.7. The van der Waals surface area contributed by atoms with Crippen LogP contribution in [0.3, 0.4) is 0 Å². The molecule has 168 valence electrons. The summed E-state index contributed by atoms with van der Waals surface area (Å²) in [5.41, 5.74) is 1.29. The van der Waals surface area contributed by atoms with Gasteiger partial charge in [0.1, 0.15) is 18.2 Å². The van der Waals surface area contributed by atoms with Gasteiger partial charge in [-0.15, -0.1) is 0 Å².